The Balaban J connectivity index is 0.00000261. The van der Waals surface area contributed by atoms with E-state index in [-0.39, 0.29) is 18.4 Å². The standard InChI is InChI=1S/C21H21NO4.ClH/c1-24-18-9-3-15(4-10-18)13-22-14-19-11-12-20(26-19)16-5-7-17(8-6-16)21(23)25-2;/h3-12,22H,13-14H2,1-2H3;1H. The molecule has 0 unspecified atom stereocenters. The zero-order chi connectivity index (χ0) is 18.4. The number of ether oxygens (including phenoxy) is 2. The average molecular weight is 388 g/mol. The molecule has 0 aliphatic rings. The van der Waals surface area contributed by atoms with E-state index in [9.17, 15) is 4.79 Å². The van der Waals surface area contributed by atoms with E-state index in [1.807, 2.05) is 48.5 Å². The van der Waals surface area contributed by atoms with Crippen molar-refractivity contribution in [1.29, 1.82) is 0 Å². The van der Waals surface area contributed by atoms with Gasteiger partial charge in [0.25, 0.3) is 0 Å². The lowest BCUT2D eigenvalue weighted by Gasteiger charge is -2.05. The van der Waals surface area contributed by atoms with Gasteiger partial charge in [-0.25, -0.2) is 4.79 Å². The molecule has 5 nitrogen and oxygen atoms in total. The van der Waals surface area contributed by atoms with Crippen LogP contribution in [0.5, 0.6) is 5.75 Å². The van der Waals surface area contributed by atoms with Crippen molar-refractivity contribution in [2.75, 3.05) is 14.2 Å². The van der Waals surface area contributed by atoms with Crippen molar-refractivity contribution in [3.63, 3.8) is 0 Å². The predicted molar refractivity (Wildman–Crippen MR) is 106 cm³/mol. The highest BCUT2D eigenvalue weighted by Gasteiger charge is 2.08. The van der Waals surface area contributed by atoms with Crippen molar-refractivity contribution >= 4 is 18.4 Å². The number of hydrogen-bond donors (Lipinski definition) is 1. The van der Waals surface area contributed by atoms with Crippen molar-refractivity contribution in [2.24, 2.45) is 0 Å². The second kappa shape index (κ2) is 9.80. The largest absolute Gasteiger partial charge is 0.497 e. The van der Waals surface area contributed by atoms with Crippen molar-refractivity contribution in [3.8, 4) is 17.1 Å². The van der Waals surface area contributed by atoms with Crippen LogP contribution in [0.3, 0.4) is 0 Å². The molecular weight excluding hydrogens is 366 g/mol. The molecule has 0 bridgehead atoms. The van der Waals surface area contributed by atoms with E-state index in [1.165, 1.54) is 12.7 Å². The van der Waals surface area contributed by atoms with E-state index in [2.05, 4.69) is 5.32 Å². The fraction of sp³-hybridized carbons (Fsp3) is 0.190. The molecule has 0 fully saturated rings. The number of rotatable bonds is 7. The van der Waals surface area contributed by atoms with Gasteiger partial charge in [-0.3, -0.25) is 0 Å². The van der Waals surface area contributed by atoms with Crippen LogP contribution in [0.2, 0.25) is 0 Å². The molecular formula is C21H22ClNO4. The van der Waals surface area contributed by atoms with Crippen LogP contribution >= 0.6 is 12.4 Å². The van der Waals surface area contributed by atoms with E-state index in [0.29, 0.717) is 12.1 Å². The van der Waals surface area contributed by atoms with Crippen LogP contribution < -0.4 is 10.1 Å². The van der Waals surface area contributed by atoms with Crippen LogP contribution in [0.25, 0.3) is 11.3 Å². The molecule has 0 aliphatic heterocycles. The molecule has 0 radical (unpaired) electrons. The quantitative estimate of drug-likeness (QED) is 0.607. The molecule has 27 heavy (non-hydrogen) atoms. The first-order valence-corrected chi connectivity index (χ1v) is 8.30. The molecule has 1 N–H and O–H groups in total. The third-order valence-electron chi connectivity index (χ3n) is 4.04. The molecule has 0 spiro atoms. The molecule has 0 saturated carbocycles. The summed E-state index contributed by atoms with van der Waals surface area (Å²) in [6, 6.07) is 19.0. The van der Waals surface area contributed by atoms with E-state index in [1.54, 1.807) is 19.2 Å². The number of halogens is 1. The number of methoxy groups -OCH3 is 2. The molecule has 2 aromatic carbocycles. The van der Waals surface area contributed by atoms with Crippen LogP contribution in [-0.2, 0) is 17.8 Å². The first-order valence-electron chi connectivity index (χ1n) is 8.30. The summed E-state index contributed by atoms with van der Waals surface area (Å²) in [6.45, 7) is 1.38. The summed E-state index contributed by atoms with van der Waals surface area (Å²) in [4.78, 5) is 11.5. The second-order valence-electron chi connectivity index (χ2n) is 5.79. The number of carbonyl (C=O) groups excluding carboxylic acids is 1. The highest BCUT2D eigenvalue weighted by atomic mass is 35.5. The Labute approximate surface area is 164 Å². The summed E-state index contributed by atoms with van der Waals surface area (Å²) in [5.41, 5.74) is 2.61. The van der Waals surface area contributed by atoms with Crippen molar-refractivity contribution in [3.05, 3.63) is 77.6 Å². The minimum Gasteiger partial charge on any atom is -0.497 e. The van der Waals surface area contributed by atoms with Crippen LogP contribution in [0.4, 0.5) is 0 Å². The monoisotopic (exact) mass is 387 g/mol. The number of benzene rings is 2. The van der Waals surface area contributed by atoms with Gasteiger partial charge in [-0.1, -0.05) is 24.3 Å². The summed E-state index contributed by atoms with van der Waals surface area (Å²) in [5, 5.41) is 3.36. The van der Waals surface area contributed by atoms with Crippen molar-refractivity contribution < 1.29 is 18.7 Å². The van der Waals surface area contributed by atoms with Crippen LogP contribution in [-0.4, -0.2) is 20.2 Å². The summed E-state index contributed by atoms with van der Waals surface area (Å²) in [7, 11) is 3.03. The maximum Gasteiger partial charge on any atom is 0.337 e. The Morgan fingerprint density at radius 2 is 1.63 bits per heavy atom. The molecule has 0 saturated heterocycles. The molecule has 1 heterocycles. The summed E-state index contributed by atoms with van der Waals surface area (Å²) in [6.07, 6.45) is 0. The second-order valence-corrected chi connectivity index (χ2v) is 5.79. The fourth-order valence-electron chi connectivity index (χ4n) is 2.59. The van der Waals surface area contributed by atoms with Gasteiger partial charge in [-0.2, -0.15) is 0 Å². The first-order chi connectivity index (χ1) is 12.7. The lowest BCUT2D eigenvalue weighted by molar-refractivity contribution is 0.0600. The van der Waals surface area contributed by atoms with E-state index in [0.717, 1.165) is 29.4 Å². The van der Waals surface area contributed by atoms with Crippen LogP contribution in [0.15, 0.2) is 65.1 Å². The lowest BCUT2D eigenvalue weighted by Crippen LogP contribution is -2.11. The zero-order valence-corrected chi connectivity index (χ0v) is 16.0. The number of furan rings is 1. The molecule has 3 rings (SSSR count). The van der Waals surface area contributed by atoms with Crippen molar-refractivity contribution in [1.82, 2.24) is 5.32 Å². The number of nitrogens with one attached hydrogen (secondary N) is 1. The Morgan fingerprint density at radius 3 is 2.26 bits per heavy atom. The molecule has 142 valence electrons. The smallest absolute Gasteiger partial charge is 0.337 e. The number of hydrogen-bond acceptors (Lipinski definition) is 5. The van der Waals surface area contributed by atoms with E-state index < -0.39 is 0 Å². The normalized spacial score (nSPS) is 10.1. The maximum absolute atomic E-state index is 11.5. The Kier molecular flexibility index (Phi) is 7.46. The minimum atomic E-state index is -0.348. The molecule has 0 amide bonds. The first kappa shape index (κ1) is 20.6. The summed E-state index contributed by atoms with van der Waals surface area (Å²) in [5.74, 6) is 2.12. The maximum atomic E-state index is 11.5. The minimum absolute atomic E-state index is 0. The molecule has 3 aromatic rings. The molecule has 0 atom stereocenters. The highest BCUT2D eigenvalue weighted by molar-refractivity contribution is 5.89. The Bertz CT molecular complexity index is 857. The molecule has 1 aromatic heterocycles. The number of carbonyl (C=O) groups is 1. The number of esters is 1. The predicted octanol–water partition coefficient (Wildman–Crippen LogP) is 4.45. The lowest BCUT2D eigenvalue weighted by atomic mass is 10.1. The fourth-order valence-corrected chi connectivity index (χ4v) is 2.59. The SMILES string of the molecule is COC(=O)c1ccc(-c2ccc(CNCc3ccc(OC)cc3)o2)cc1.Cl. The van der Waals surface area contributed by atoms with Crippen LogP contribution in [0, 0.1) is 0 Å². The Morgan fingerprint density at radius 1 is 0.926 bits per heavy atom. The van der Waals surface area contributed by atoms with Gasteiger partial charge >= 0.3 is 5.97 Å². The van der Waals surface area contributed by atoms with E-state index in [4.69, 9.17) is 13.9 Å². The van der Waals surface area contributed by atoms with Gasteiger partial charge in [0.05, 0.1) is 26.3 Å². The topological polar surface area (TPSA) is 60.7 Å². The summed E-state index contributed by atoms with van der Waals surface area (Å²) >= 11 is 0. The molecule has 0 aliphatic carbocycles. The molecule has 6 heteroatoms. The van der Waals surface area contributed by atoms with Gasteiger partial charge in [0.1, 0.15) is 17.3 Å². The van der Waals surface area contributed by atoms with Crippen molar-refractivity contribution in [2.45, 2.75) is 13.1 Å². The van der Waals surface area contributed by atoms with Gasteiger partial charge in [0.2, 0.25) is 0 Å². The summed E-state index contributed by atoms with van der Waals surface area (Å²) < 4.78 is 15.7. The third-order valence-corrected chi connectivity index (χ3v) is 4.04. The zero-order valence-electron chi connectivity index (χ0n) is 15.2. The van der Waals surface area contributed by atoms with E-state index >= 15 is 0 Å². The Hall–Kier alpha value is -2.76. The highest BCUT2D eigenvalue weighted by Crippen LogP contribution is 2.23. The average Bonchev–Trinajstić information content (AvgIpc) is 3.17. The third kappa shape index (κ3) is 5.36. The van der Waals surface area contributed by atoms with Gasteiger partial charge < -0.3 is 19.2 Å². The van der Waals surface area contributed by atoms with Gasteiger partial charge in [-0.15, -0.1) is 12.4 Å². The van der Waals surface area contributed by atoms with Gasteiger partial charge in [0, 0.05) is 12.1 Å². The van der Waals surface area contributed by atoms with Gasteiger partial charge in [-0.05, 0) is 42.0 Å². The van der Waals surface area contributed by atoms with Crippen LogP contribution in [0.1, 0.15) is 21.7 Å². The van der Waals surface area contributed by atoms with Gasteiger partial charge in [0.15, 0.2) is 0 Å².